The lowest BCUT2D eigenvalue weighted by atomic mass is 10.0. The molecule has 1 aliphatic rings. The second-order valence-electron chi connectivity index (χ2n) is 7.85. The topological polar surface area (TPSA) is 47.6 Å². The number of hydrogen-bond donors (Lipinski definition) is 1. The van der Waals surface area contributed by atoms with Crippen molar-refractivity contribution in [3.8, 4) is 11.5 Å². The number of ether oxygens (including phenoxy) is 2. The molecule has 1 amide bonds. The van der Waals surface area contributed by atoms with Crippen molar-refractivity contribution in [1.29, 1.82) is 0 Å². The van der Waals surface area contributed by atoms with E-state index in [0.717, 1.165) is 35.4 Å². The Bertz CT molecular complexity index is 1090. The maximum atomic E-state index is 13.7. The van der Waals surface area contributed by atoms with Gasteiger partial charge in [-0.3, -0.25) is 4.79 Å². The molecule has 0 aromatic heterocycles. The van der Waals surface area contributed by atoms with Gasteiger partial charge in [0.25, 0.3) is 5.91 Å². The summed E-state index contributed by atoms with van der Waals surface area (Å²) < 4.78 is 38.6. The van der Waals surface area contributed by atoms with E-state index in [0.29, 0.717) is 17.9 Å². The van der Waals surface area contributed by atoms with Crippen molar-refractivity contribution in [3.63, 3.8) is 0 Å². The summed E-state index contributed by atoms with van der Waals surface area (Å²) in [7, 11) is 0. The molecular weight excluding hydrogens is 388 g/mol. The molecule has 1 aliphatic heterocycles. The van der Waals surface area contributed by atoms with Gasteiger partial charge < -0.3 is 14.8 Å². The summed E-state index contributed by atoms with van der Waals surface area (Å²) in [6.45, 7) is 4.39. The zero-order chi connectivity index (χ0) is 21.3. The van der Waals surface area contributed by atoms with Crippen LogP contribution < -0.4 is 14.8 Å². The molecule has 0 saturated carbocycles. The van der Waals surface area contributed by atoms with Crippen LogP contribution in [-0.2, 0) is 13.0 Å². The number of hydrogen-bond acceptors (Lipinski definition) is 3. The molecule has 0 fully saturated rings. The van der Waals surface area contributed by atoms with Gasteiger partial charge in [-0.1, -0.05) is 24.3 Å². The van der Waals surface area contributed by atoms with Crippen molar-refractivity contribution in [1.82, 2.24) is 0 Å². The molecule has 30 heavy (non-hydrogen) atoms. The van der Waals surface area contributed by atoms with Crippen molar-refractivity contribution in [3.05, 3.63) is 89.0 Å². The second-order valence-corrected chi connectivity index (χ2v) is 7.85. The van der Waals surface area contributed by atoms with Crippen LogP contribution >= 0.6 is 0 Å². The molecule has 0 atom stereocenters. The van der Waals surface area contributed by atoms with Crippen molar-refractivity contribution in [2.24, 2.45) is 0 Å². The van der Waals surface area contributed by atoms with Crippen LogP contribution in [0.3, 0.4) is 0 Å². The first-order chi connectivity index (χ1) is 14.3. The van der Waals surface area contributed by atoms with Gasteiger partial charge in [0.15, 0.2) is 11.5 Å². The fourth-order valence-corrected chi connectivity index (χ4v) is 3.40. The first kappa shape index (κ1) is 19.9. The number of halogens is 2. The van der Waals surface area contributed by atoms with Crippen LogP contribution in [0.15, 0.2) is 60.7 Å². The minimum absolute atomic E-state index is 0.0744. The molecular formula is C24H21F2NO3. The fraction of sp³-hybridized carbons (Fsp3) is 0.208. The number of rotatable bonds is 5. The molecule has 0 radical (unpaired) electrons. The van der Waals surface area contributed by atoms with Crippen molar-refractivity contribution >= 4 is 11.6 Å². The van der Waals surface area contributed by atoms with Gasteiger partial charge in [0, 0.05) is 23.6 Å². The standard InChI is InChI=1S/C24H21F2NO3/c1-24(2)13-17-4-3-5-21(22(17)30-24)29-14-15-6-8-16(9-7-15)23(28)27-20-11-10-18(25)12-19(20)26/h3-12H,13-14H2,1-2H3,(H,27,28). The van der Waals surface area contributed by atoms with Crippen LogP contribution in [0.5, 0.6) is 11.5 Å². The van der Waals surface area contributed by atoms with Gasteiger partial charge in [0.2, 0.25) is 0 Å². The molecule has 4 rings (SSSR count). The van der Waals surface area contributed by atoms with E-state index in [1.807, 2.05) is 32.0 Å². The molecule has 1 N–H and O–H groups in total. The zero-order valence-corrected chi connectivity index (χ0v) is 16.7. The SMILES string of the molecule is CC1(C)Cc2cccc(OCc3ccc(C(=O)Nc4ccc(F)cc4F)cc3)c2O1. The first-order valence-electron chi connectivity index (χ1n) is 9.60. The van der Waals surface area contributed by atoms with Crippen LogP contribution in [0.1, 0.15) is 35.3 Å². The van der Waals surface area contributed by atoms with Crippen molar-refractivity contribution in [2.75, 3.05) is 5.32 Å². The third-order valence-electron chi connectivity index (χ3n) is 4.84. The molecule has 3 aromatic carbocycles. The van der Waals surface area contributed by atoms with E-state index in [-0.39, 0.29) is 11.3 Å². The second kappa shape index (κ2) is 7.78. The summed E-state index contributed by atoms with van der Waals surface area (Å²) in [5.41, 5.74) is 2.02. The highest BCUT2D eigenvalue weighted by atomic mass is 19.1. The number of benzene rings is 3. The molecule has 6 heteroatoms. The van der Waals surface area contributed by atoms with Gasteiger partial charge in [-0.05, 0) is 49.7 Å². The minimum Gasteiger partial charge on any atom is -0.485 e. The van der Waals surface area contributed by atoms with Gasteiger partial charge in [0.1, 0.15) is 23.8 Å². The highest BCUT2D eigenvalue weighted by Crippen LogP contribution is 2.41. The predicted octanol–water partition coefficient (Wildman–Crippen LogP) is 5.51. The lowest BCUT2D eigenvalue weighted by Gasteiger charge is -2.18. The van der Waals surface area contributed by atoms with Crippen LogP contribution in [0.2, 0.25) is 0 Å². The van der Waals surface area contributed by atoms with Crippen LogP contribution in [0.25, 0.3) is 0 Å². The smallest absolute Gasteiger partial charge is 0.255 e. The van der Waals surface area contributed by atoms with E-state index < -0.39 is 17.5 Å². The third-order valence-corrected chi connectivity index (χ3v) is 4.84. The average Bonchev–Trinajstić information content (AvgIpc) is 3.03. The maximum Gasteiger partial charge on any atom is 0.255 e. The summed E-state index contributed by atoms with van der Waals surface area (Å²) in [5, 5.41) is 2.44. The quantitative estimate of drug-likeness (QED) is 0.605. The largest absolute Gasteiger partial charge is 0.485 e. The van der Waals surface area contributed by atoms with Crippen molar-refractivity contribution in [2.45, 2.75) is 32.5 Å². The Hall–Kier alpha value is -3.41. The molecule has 0 saturated heterocycles. The Morgan fingerprint density at radius 2 is 1.87 bits per heavy atom. The van der Waals surface area contributed by atoms with Gasteiger partial charge in [-0.2, -0.15) is 0 Å². The van der Waals surface area contributed by atoms with E-state index in [4.69, 9.17) is 9.47 Å². The molecule has 0 aliphatic carbocycles. The third kappa shape index (κ3) is 4.27. The molecule has 3 aromatic rings. The lowest BCUT2D eigenvalue weighted by molar-refractivity contribution is 0.102. The van der Waals surface area contributed by atoms with E-state index in [9.17, 15) is 13.6 Å². The van der Waals surface area contributed by atoms with Gasteiger partial charge in [-0.25, -0.2) is 8.78 Å². The summed E-state index contributed by atoms with van der Waals surface area (Å²) in [4.78, 5) is 12.3. The van der Waals surface area contributed by atoms with Crippen LogP contribution in [0.4, 0.5) is 14.5 Å². The van der Waals surface area contributed by atoms with Crippen LogP contribution in [-0.4, -0.2) is 11.5 Å². The number of fused-ring (bicyclic) bond motifs is 1. The maximum absolute atomic E-state index is 13.7. The van der Waals surface area contributed by atoms with Crippen molar-refractivity contribution < 1.29 is 23.0 Å². The Labute approximate surface area is 173 Å². The Kier molecular flexibility index (Phi) is 5.16. The molecule has 0 unspecified atom stereocenters. The number of nitrogens with one attached hydrogen (secondary N) is 1. The molecule has 154 valence electrons. The molecule has 1 heterocycles. The number of para-hydroxylation sites is 1. The summed E-state index contributed by atoms with van der Waals surface area (Å²) in [6.07, 6.45) is 0.831. The summed E-state index contributed by atoms with van der Waals surface area (Å²) in [6, 6.07) is 15.6. The van der Waals surface area contributed by atoms with E-state index in [2.05, 4.69) is 5.32 Å². The van der Waals surface area contributed by atoms with E-state index in [1.54, 1.807) is 24.3 Å². The Morgan fingerprint density at radius 3 is 2.60 bits per heavy atom. The van der Waals surface area contributed by atoms with Crippen LogP contribution in [0, 0.1) is 11.6 Å². The molecule has 0 bridgehead atoms. The number of anilines is 1. The Balaban J connectivity index is 1.40. The Morgan fingerprint density at radius 1 is 1.10 bits per heavy atom. The van der Waals surface area contributed by atoms with E-state index >= 15 is 0 Å². The van der Waals surface area contributed by atoms with Gasteiger partial charge >= 0.3 is 0 Å². The van der Waals surface area contributed by atoms with E-state index in [1.165, 1.54) is 6.07 Å². The van der Waals surface area contributed by atoms with Gasteiger partial charge in [0.05, 0.1) is 5.69 Å². The number of carbonyl (C=O) groups excluding carboxylic acids is 1. The number of carbonyl (C=O) groups is 1. The molecule has 4 nitrogen and oxygen atoms in total. The lowest BCUT2D eigenvalue weighted by Crippen LogP contribution is -2.24. The minimum atomic E-state index is -0.825. The highest BCUT2D eigenvalue weighted by molar-refractivity contribution is 6.04. The monoisotopic (exact) mass is 409 g/mol. The molecule has 0 spiro atoms. The summed E-state index contributed by atoms with van der Waals surface area (Å²) in [5.74, 6) is -0.543. The summed E-state index contributed by atoms with van der Waals surface area (Å²) >= 11 is 0. The zero-order valence-electron chi connectivity index (χ0n) is 16.7. The highest BCUT2D eigenvalue weighted by Gasteiger charge is 2.32. The first-order valence-corrected chi connectivity index (χ1v) is 9.60. The fourth-order valence-electron chi connectivity index (χ4n) is 3.40. The average molecular weight is 409 g/mol. The predicted molar refractivity (Wildman–Crippen MR) is 110 cm³/mol. The number of amides is 1. The van der Waals surface area contributed by atoms with Gasteiger partial charge in [-0.15, -0.1) is 0 Å². The normalized spacial score (nSPS) is 14.0.